The van der Waals surface area contributed by atoms with E-state index in [0.717, 1.165) is 37.9 Å². The molecule has 1 N–H and O–H groups in total. The zero-order chi connectivity index (χ0) is 18.0. The van der Waals surface area contributed by atoms with Gasteiger partial charge < -0.3 is 14.9 Å². The molecule has 1 spiro atoms. The average Bonchev–Trinajstić information content (AvgIpc) is 2.96. The second-order valence-corrected chi connectivity index (χ2v) is 7.72. The summed E-state index contributed by atoms with van der Waals surface area (Å²) in [6, 6.07) is 0. The molecular weight excluding hydrogens is 320 g/mol. The first-order valence-electron chi connectivity index (χ1n) is 9.10. The monoisotopic (exact) mass is 348 g/mol. The first kappa shape index (κ1) is 17.9. The predicted octanol–water partition coefficient (Wildman–Crippen LogP) is 0.804. The summed E-state index contributed by atoms with van der Waals surface area (Å²) in [6.45, 7) is 6.53. The Hall–Kier alpha value is -1.89. The van der Waals surface area contributed by atoms with Gasteiger partial charge in [0.15, 0.2) is 0 Å². The third-order valence-electron chi connectivity index (χ3n) is 5.47. The number of likely N-dealkylation sites (tertiary alicyclic amines) is 2. The molecule has 0 aliphatic carbocycles. The van der Waals surface area contributed by atoms with Crippen molar-refractivity contribution in [3.8, 4) is 0 Å². The molecule has 3 rings (SSSR count). The third-order valence-corrected chi connectivity index (χ3v) is 5.47. The lowest BCUT2D eigenvalue weighted by molar-refractivity contribution is -0.144. The Labute approximate surface area is 148 Å². The van der Waals surface area contributed by atoms with Gasteiger partial charge in [0.05, 0.1) is 12.3 Å². The zero-order valence-corrected chi connectivity index (χ0v) is 15.1. The molecule has 0 saturated carbocycles. The van der Waals surface area contributed by atoms with Crippen molar-refractivity contribution in [1.29, 1.82) is 0 Å². The number of carbonyl (C=O) groups is 2. The number of hydrogen-bond donors (Lipinski definition) is 1. The van der Waals surface area contributed by atoms with Crippen molar-refractivity contribution in [2.24, 2.45) is 5.41 Å². The molecule has 138 valence electrons. The van der Waals surface area contributed by atoms with E-state index in [-0.39, 0.29) is 23.8 Å². The van der Waals surface area contributed by atoms with Gasteiger partial charge in [0, 0.05) is 38.8 Å². The summed E-state index contributed by atoms with van der Waals surface area (Å²) < 4.78 is 1.69. The molecule has 2 fully saturated rings. The van der Waals surface area contributed by atoms with Crippen LogP contribution in [-0.4, -0.2) is 68.8 Å². The molecule has 3 heterocycles. The van der Waals surface area contributed by atoms with Gasteiger partial charge in [-0.1, -0.05) is 0 Å². The summed E-state index contributed by atoms with van der Waals surface area (Å²) in [5, 5.41) is 13.8. The van der Waals surface area contributed by atoms with Crippen LogP contribution in [0.4, 0.5) is 0 Å². The van der Waals surface area contributed by atoms with Crippen LogP contribution >= 0.6 is 0 Å². The lowest BCUT2D eigenvalue weighted by atomic mass is 9.72. The van der Waals surface area contributed by atoms with Crippen molar-refractivity contribution in [2.75, 3.05) is 26.2 Å². The largest absolute Gasteiger partial charge is 0.392 e. The van der Waals surface area contributed by atoms with Crippen molar-refractivity contribution in [3.05, 3.63) is 18.0 Å². The standard InChI is InChI=1S/C18H28N4O3/c1-14-9-19-22(10-14)12-17(25)20-7-5-18(6-8-20)4-3-16(24)21(13-18)11-15(2)23/h9-10,15,23H,3-8,11-13H2,1-2H3/t15-/m1/s1. The molecule has 2 amide bonds. The van der Waals surface area contributed by atoms with E-state index in [1.54, 1.807) is 22.7 Å². The van der Waals surface area contributed by atoms with Gasteiger partial charge in [0.1, 0.15) is 6.54 Å². The van der Waals surface area contributed by atoms with E-state index in [9.17, 15) is 14.7 Å². The topological polar surface area (TPSA) is 78.7 Å². The maximum atomic E-state index is 12.5. The highest BCUT2D eigenvalue weighted by molar-refractivity contribution is 5.77. The molecule has 0 aromatic carbocycles. The number of aliphatic hydroxyl groups is 1. The summed E-state index contributed by atoms with van der Waals surface area (Å²) >= 11 is 0. The van der Waals surface area contributed by atoms with Gasteiger partial charge in [-0.05, 0) is 44.1 Å². The minimum atomic E-state index is -0.502. The van der Waals surface area contributed by atoms with Crippen LogP contribution in [0.1, 0.15) is 38.2 Å². The van der Waals surface area contributed by atoms with Crippen molar-refractivity contribution >= 4 is 11.8 Å². The van der Waals surface area contributed by atoms with Crippen LogP contribution in [0.25, 0.3) is 0 Å². The fourth-order valence-corrected chi connectivity index (χ4v) is 4.02. The van der Waals surface area contributed by atoms with Gasteiger partial charge in [-0.3, -0.25) is 14.3 Å². The number of nitrogens with zero attached hydrogens (tertiary/aromatic N) is 4. The van der Waals surface area contributed by atoms with E-state index in [0.29, 0.717) is 19.5 Å². The Kier molecular flexibility index (Phi) is 5.13. The minimum Gasteiger partial charge on any atom is -0.392 e. The van der Waals surface area contributed by atoms with Crippen LogP contribution in [-0.2, 0) is 16.1 Å². The number of aryl methyl sites for hydroxylation is 1. The van der Waals surface area contributed by atoms with Crippen LogP contribution in [0, 0.1) is 12.3 Å². The minimum absolute atomic E-state index is 0.0991. The van der Waals surface area contributed by atoms with E-state index in [4.69, 9.17) is 0 Å². The van der Waals surface area contributed by atoms with Crippen LogP contribution in [0.3, 0.4) is 0 Å². The van der Waals surface area contributed by atoms with E-state index >= 15 is 0 Å². The molecule has 2 aliphatic rings. The fourth-order valence-electron chi connectivity index (χ4n) is 4.02. The first-order chi connectivity index (χ1) is 11.9. The summed E-state index contributed by atoms with van der Waals surface area (Å²) in [7, 11) is 0. The molecule has 2 saturated heterocycles. The maximum absolute atomic E-state index is 12.5. The Morgan fingerprint density at radius 2 is 2.08 bits per heavy atom. The number of aliphatic hydroxyl groups excluding tert-OH is 1. The lowest BCUT2D eigenvalue weighted by Gasteiger charge is -2.47. The van der Waals surface area contributed by atoms with E-state index in [1.807, 2.05) is 18.0 Å². The van der Waals surface area contributed by atoms with E-state index < -0.39 is 6.10 Å². The summed E-state index contributed by atoms with van der Waals surface area (Å²) in [4.78, 5) is 28.3. The van der Waals surface area contributed by atoms with Gasteiger partial charge in [-0.25, -0.2) is 0 Å². The molecule has 7 nitrogen and oxygen atoms in total. The van der Waals surface area contributed by atoms with Crippen molar-refractivity contribution < 1.29 is 14.7 Å². The lowest BCUT2D eigenvalue weighted by Crippen LogP contribution is -2.53. The third kappa shape index (κ3) is 4.21. The van der Waals surface area contributed by atoms with Gasteiger partial charge in [0.2, 0.25) is 11.8 Å². The molecule has 1 aromatic rings. The summed E-state index contributed by atoms with van der Waals surface area (Å²) in [5.74, 6) is 0.241. The summed E-state index contributed by atoms with van der Waals surface area (Å²) in [5.41, 5.74) is 1.15. The van der Waals surface area contributed by atoms with Crippen molar-refractivity contribution in [3.63, 3.8) is 0 Å². The normalized spacial score (nSPS) is 21.6. The van der Waals surface area contributed by atoms with Gasteiger partial charge in [-0.15, -0.1) is 0 Å². The molecular formula is C18H28N4O3. The SMILES string of the molecule is Cc1cnn(CC(=O)N2CCC3(CCC(=O)N(C[C@@H](C)O)C3)CC2)c1. The number of hydrogen-bond acceptors (Lipinski definition) is 4. The van der Waals surface area contributed by atoms with Crippen molar-refractivity contribution in [1.82, 2.24) is 19.6 Å². The molecule has 1 atom stereocenters. The molecule has 0 unspecified atom stereocenters. The number of β-amino-alcohol motifs (C(OH)–C–C–N with tert-alkyl or cyclic N) is 1. The quantitative estimate of drug-likeness (QED) is 0.873. The second kappa shape index (κ2) is 7.15. The maximum Gasteiger partial charge on any atom is 0.244 e. The average molecular weight is 348 g/mol. The van der Waals surface area contributed by atoms with E-state index in [1.165, 1.54) is 0 Å². The zero-order valence-electron chi connectivity index (χ0n) is 15.1. The molecule has 25 heavy (non-hydrogen) atoms. The summed E-state index contributed by atoms with van der Waals surface area (Å²) in [6.07, 6.45) is 6.41. The number of aromatic nitrogens is 2. The van der Waals surface area contributed by atoms with Crippen LogP contribution in [0.2, 0.25) is 0 Å². The Morgan fingerprint density at radius 1 is 1.36 bits per heavy atom. The van der Waals surface area contributed by atoms with Crippen LogP contribution in [0.5, 0.6) is 0 Å². The molecule has 0 radical (unpaired) electrons. The number of amides is 2. The Morgan fingerprint density at radius 3 is 2.68 bits per heavy atom. The van der Waals surface area contributed by atoms with Crippen molar-refractivity contribution in [2.45, 2.75) is 52.2 Å². The molecule has 0 bridgehead atoms. The Balaban J connectivity index is 1.55. The number of carbonyl (C=O) groups excluding carboxylic acids is 2. The first-order valence-corrected chi connectivity index (χ1v) is 9.10. The van der Waals surface area contributed by atoms with Crippen LogP contribution in [0.15, 0.2) is 12.4 Å². The van der Waals surface area contributed by atoms with Gasteiger partial charge in [0.25, 0.3) is 0 Å². The highest BCUT2D eigenvalue weighted by Gasteiger charge is 2.41. The van der Waals surface area contributed by atoms with E-state index in [2.05, 4.69) is 5.10 Å². The second-order valence-electron chi connectivity index (χ2n) is 7.72. The predicted molar refractivity (Wildman–Crippen MR) is 92.7 cm³/mol. The highest BCUT2D eigenvalue weighted by Crippen LogP contribution is 2.40. The fraction of sp³-hybridized carbons (Fsp3) is 0.722. The van der Waals surface area contributed by atoms with Crippen LogP contribution < -0.4 is 0 Å². The molecule has 1 aromatic heterocycles. The smallest absolute Gasteiger partial charge is 0.244 e. The highest BCUT2D eigenvalue weighted by atomic mass is 16.3. The van der Waals surface area contributed by atoms with Gasteiger partial charge >= 0.3 is 0 Å². The van der Waals surface area contributed by atoms with Gasteiger partial charge in [-0.2, -0.15) is 5.10 Å². The molecule has 2 aliphatic heterocycles. The molecule has 7 heteroatoms. The number of rotatable bonds is 4. The Bertz CT molecular complexity index is 632. The number of piperidine rings is 2.